The second-order valence-electron chi connectivity index (χ2n) is 6.55. The number of rotatable bonds is 2. The summed E-state index contributed by atoms with van der Waals surface area (Å²) in [5.41, 5.74) is 2.54. The van der Waals surface area contributed by atoms with E-state index < -0.39 is 0 Å². The van der Waals surface area contributed by atoms with E-state index in [-0.39, 0.29) is 18.1 Å². The van der Waals surface area contributed by atoms with Gasteiger partial charge in [0.1, 0.15) is 0 Å². The van der Waals surface area contributed by atoms with Gasteiger partial charge in [-0.15, -0.1) is 0 Å². The molecule has 1 N–H and O–H groups in total. The predicted octanol–water partition coefficient (Wildman–Crippen LogP) is 3.58. The van der Waals surface area contributed by atoms with Crippen molar-refractivity contribution in [3.63, 3.8) is 0 Å². The van der Waals surface area contributed by atoms with Gasteiger partial charge in [-0.1, -0.05) is 55.8 Å². The zero-order valence-electron chi connectivity index (χ0n) is 12.5. The van der Waals surface area contributed by atoms with Crippen LogP contribution in [0.3, 0.4) is 0 Å². The summed E-state index contributed by atoms with van der Waals surface area (Å²) in [4.78, 5) is 0. The molecule has 1 aliphatic carbocycles. The molecule has 1 aromatic carbocycles. The highest BCUT2D eigenvalue weighted by molar-refractivity contribution is 5.27. The Morgan fingerprint density at radius 3 is 2.60 bits per heavy atom. The number of allylic oxidation sites excluding steroid dienone is 1. The molecule has 1 heterocycles. The van der Waals surface area contributed by atoms with Gasteiger partial charge in [0, 0.05) is 11.3 Å². The molecule has 20 heavy (non-hydrogen) atoms. The van der Waals surface area contributed by atoms with Gasteiger partial charge >= 0.3 is 0 Å². The van der Waals surface area contributed by atoms with Crippen LogP contribution in [0.2, 0.25) is 0 Å². The van der Waals surface area contributed by atoms with Crippen molar-refractivity contribution in [1.82, 2.24) is 0 Å². The molecule has 2 aliphatic rings. The minimum Gasteiger partial charge on any atom is -0.396 e. The molecular formula is C18H24O2. The van der Waals surface area contributed by atoms with Gasteiger partial charge < -0.3 is 9.84 Å². The van der Waals surface area contributed by atoms with Gasteiger partial charge in [-0.3, -0.25) is 0 Å². The van der Waals surface area contributed by atoms with Crippen molar-refractivity contribution in [3.05, 3.63) is 47.5 Å². The third kappa shape index (κ3) is 1.86. The fourth-order valence-corrected chi connectivity index (χ4v) is 4.23. The van der Waals surface area contributed by atoms with Gasteiger partial charge in [-0.25, -0.2) is 0 Å². The molecule has 108 valence electrons. The van der Waals surface area contributed by atoms with Crippen LogP contribution in [-0.2, 0) is 4.74 Å². The second-order valence-corrected chi connectivity index (χ2v) is 6.55. The number of hydrogen-bond acceptors (Lipinski definition) is 2. The molecule has 2 nitrogen and oxygen atoms in total. The number of aliphatic hydroxyl groups excluding tert-OH is 1. The summed E-state index contributed by atoms with van der Waals surface area (Å²) in [7, 11) is 0. The Hall–Kier alpha value is -1.12. The van der Waals surface area contributed by atoms with Crippen molar-refractivity contribution in [2.24, 2.45) is 23.2 Å². The first kappa shape index (κ1) is 13.8. The van der Waals surface area contributed by atoms with Crippen LogP contribution in [-0.4, -0.2) is 18.3 Å². The van der Waals surface area contributed by atoms with Crippen LogP contribution in [0, 0.1) is 23.2 Å². The van der Waals surface area contributed by atoms with Crippen molar-refractivity contribution in [2.45, 2.75) is 26.9 Å². The quantitative estimate of drug-likeness (QED) is 0.834. The third-order valence-corrected chi connectivity index (χ3v) is 5.67. The molecule has 2 heteroatoms. The Balaban J connectivity index is 2.02. The van der Waals surface area contributed by atoms with Crippen molar-refractivity contribution >= 4 is 0 Å². The lowest BCUT2D eigenvalue weighted by Crippen LogP contribution is -2.53. The third-order valence-electron chi connectivity index (χ3n) is 5.67. The second kappa shape index (κ2) is 5.01. The zero-order valence-corrected chi connectivity index (χ0v) is 12.5. The van der Waals surface area contributed by atoms with E-state index in [1.807, 2.05) is 6.07 Å². The minimum absolute atomic E-state index is 0.116. The van der Waals surface area contributed by atoms with E-state index in [0.29, 0.717) is 24.4 Å². The molecule has 1 aromatic rings. The fourth-order valence-electron chi connectivity index (χ4n) is 4.23. The molecule has 1 aliphatic heterocycles. The van der Waals surface area contributed by atoms with E-state index >= 15 is 0 Å². The lowest BCUT2D eigenvalue weighted by molar-refractivity contribution is -0.165. The molecule has 0 spiro atoms. The Morgan fingerprint density at radius 2 is 1.95 bits per heavy atom. The summed E-state index contributed by atoms with van der Waals surface area (Å²) in [5, 5.41) is 9.97. The van der Waals surface area contributed by atoms with Crippen molar-refractivity contribution in [1.29, 1.82) is 0 Å². The number of hydrogen-bond donors (Lipinski definition) is 1. The van der Waals surface area contributed by atoms with Crippen LogP contribution < -0.4 is 0 Å². The monoisotopic (exact) mass is 272 g/mol. The van der Waals surface area contributed by atoms with Gasteiger partial charge in [0.15, 0.2) is 0 Å². The lowest BCUT2D eigenvalue weighted by Gasteiger charge is -2.55. The van der Waals surface area contributed by atoms with Gasteiger partial charge in [0.2, 0.25) is 0 Å². The van der Waals surface area contributed by atoms with Crippen LogP contribution in [0.1, 0.15) is 32.4 Å². The van der Waals surface area contributed by atoms with Crippen molar-refractivity contribution in [3.8, 4) is 0 Å². The maximum atomic E-state index is 9.97. The highest BCUT2D eigenvalue weighted by Gasteiger charge is 2.53. The first-order valence-corrected chi connectivity index (χ1v) is 7.56. The van der Waals surface area contributed by atoms with Gasteiger partial charge in [-0.05, 0) is 24.3 Å². The van der Waals surface area contributed by atoms with E-state index in [9.17, 15) is 5.11 Å². The van der Waals surface area contributed by atoms with Crippen LogP contribution >= 0.6 is 0 Å². The molecule has 1 saturated heterocycles. The molecule has 0 amide bonds. The molecule has 0 unspecified atom stereocenters. The fraction of sp³-hybridized carbons (Fsp3) is 0.556. The summed E-state index contributed by atoms with van der Waals surface area (Å²) >= 11 is 0. The average Bonchev–Trinajstić information content (AvgIpc) is 2.46. The van der Waals surface area contributed by atoms with Crippen LogP contribution in [0.25, 0.3) is 0 Å². The Bertz CT molecular complexity index is 507. The highest BCUT2D eigenvalue weighted by Crippen LogP contribution is 2.55. The van der Waals surface area contributed by atoms with E-state index in [2.05, 4.69) is 51.1 Å². The summed E-state index contributed by atoms with van der Waals surface area (Å²) < 4.78 is 6.24. The summed E-state index contributed by atoms with van der Waals surface area (Å²) in [6.45, 7) is 7.55. The topological polar surface area (TPSA) is 29.5 Å². The van der Waals surface area contributed by atoms with Crippen LogP contribution in [0.5, 0.6) is 0 Å². The van der Waals surface area contributed by atoms with E-state index in [0.717, 1.165) is 0 Å². The molecule has 5 atom stereocenters. The number of aliphatic hydroxyl groups is 1. The Morgan fingerprint density at radius 1 is 1.25 bits per heavy atom. The van der Waals surface area contributed by atoms with Crippen LogP contribution in [0.4, 0.5) is 0 Å². The summed E-state index contributed by atoms with van der Waals surface area (Å²) in [6, 6.07) is 10.5. The predicted molar refractivity (Wildman–Crippen MR) is 80.2 cm³/mol. The summed E-state index contributed by atoms with van der Waals surface area (Å²) in [5.74, 6) is 1.18. The Labute approximate surface area is 121 Å². The SMILES string of the molecule is CC1=C[C@@H](C)[C@@]2(CO)CO[C@@H](c3ccccc3)[C@@H]1[C@H]2C. The standard InChI is InChI=1S/C18H24O2/c1-12-9-13(2)18(10-19)11-20-17(16(12)14(18)3)15-7-5-4-6-8-15/h4-9,13-14,16-17,19H,10-11H2,1-3H3/t13-,14-,16+,17+,18-/m1/s1. The first-order chi connectivity index (χ1) is 9.60. The largest absolute Gasteiger partial charge is 0.396 e. The first-order valence-electron chi connectivity index (χ1n) is 7.56. The maximum Gasteiger partial charge on any atom is 0.0893 e. The average molecular weight is 272 g/mol. The van der Waals surface area contributed by atoms with Gasteiger partial charge in [-0.2, -0.15) is 0 Å². The number of ether oxygens (including phenoxy) is 1. The molecule has 3 rings (SSSR count). The number of benzene rings is 1. The molecule has 0 aromatic heterocycles. The van der Waals surface area contributed by atoms with Gasteiger partial charge in [0.25, 0.3) is 0 Å². The molecule has 1 fully saturated rings. The van der Waals surface area contributed by atoms with Gasteiger partial charge in [0.05, 0.1) is 19.3 Å². The molecule has 2 bridgehead atoms. The highest BCUT2D eigenvalue weighted by atomic mass is 16.5. The normalized spacial score (nSPS) is 40.3. The van der Waals surface area contributed by atoms with E-state index in [1.165, 1.54) is 11.1 Å². The minimum atomic E-state index is -0.116. The lowest BCUT2D eigenvalue weighted by atomic mass is 9.56. The van der Waals surface area contributed by atoms with E-state index in [4.69, 9.17) is 4.74 Å². The van der Waals surface area contributed by atoms with Crippen molar-refractivity contribution in [2.75, 3.05) is 13.2 Å². The smallest absolute Gasteiger partial charge is 0.0893 e. The zero-order chi connectivity index (χ0) is 14.3. The van der Waals surface area contributed by atoms with E-state index in [1.54, 1.807) is 0 Å². The number of fused-ring (bicyclic) bond motifs is 2. The molecule has 0 radical (unpaired) electrons. The van der Waals surface area contributed by atoms with Crippen LogP contribution in [0.15, 0.2) is 42.0 Å². The molecule has 0 saturated carbocycles. The maximum absolute atomic E-state index is 9.97. The molecular weight excluding hydrogens is 248 g/mol. The Kier molecular flexibility index (Phi) is 3.47. The van der Waals surface area contributed by atoms with Crippen molar-refractivity contribution < 1.29 is 9.84 Å². The summed E-state index contributed by atoms with van der Waals surface area (Å²) in [6.07, 6.45) is 2.47.